The van der Waals surface area contributed by atoms with Gasteiger partial charge in [-0.05, 0) is 59.0 Å². The summed E-state index contributed by atoms with van der Waals surface area (Å²) in [6.07, 6.45) is 1.67. The highest BCUT2D eigenvalue weighted by Crippen LogP contribution is 2.36. The van der Waals surface area contributed by atoms with Crippen molar-refractivity contribution in [2.45, 2.75) is 31.1 Å². The number of benzene rings is 3. The van der Waals surface area contributed by atoms with E-state index in [1.165, 1.54) is 48.0 Å². The average molecular weight is 469 g/mol. The highest BCUT2D eigenvalue weighted by Gasteiger charge is 2.28. The summed E-state index contributed by atoms with van der Waals surface area (Å²) in [5.74, 6) is 0.187. The molecule has 0 aromatic heterocycles. The summed E-state index contributed by atoms with van der Waals surface area (Å²) >= 11 is 5.81. The predicted octanol–water partition coefficient (Wildman–Crippen LogP) is 6.02. The summed E-state index contributed by atoms with van der Waals surface area (Å²) in [5, 5.41) is 0.417. The van der Waals surface area contributed by atoms with Gasteiger partial charge < -0.3 is 8.92 Å². The van der Waals surface area contributed by atoms with E-state index in [0.717, 1.165) is 5.56 Å². The van der Waals surface area contributed by atoms with Crippen LogP contribution in [0.1, 0.15) is 42.3 Å². The van der Waals surface area contributed by atoms with Crippen molar-refractivity contribution in [3.8, 4) is 11.5 Å². The summed E-state index contributed by atoms with van der Waals surface area (Å²) < 4.78 is 35.9. The fourth-order valence-electron chi connectivity index (χ4n) is 3.23. The minimum Gasteiger partial charge on any atom is -0.452 e. The molecule has 3 aromatic carbocycles. The van der Waals surface area contributed by atoms with E-state index in [9.17, 15) is 13.2 Å². The maximum Gasteiger partial charge on any atom is 0.339 e. The number of fused-ring (bicyclic) bond motifs is 1. The average Bonchev–Trinajstić information content (AvgIpc) is 3.02. The summed E-state index contributed by atoms with van der Waals surface area (Å²) in [6, 6.07) is 17.9. The third-order valence-electron chi connectivity index (χ3n) is 5.02. The molecule has 0 saturated carbocycles. The van der Waals surface area contributed by atoms with Crippen LogP contribution in [0.25, 0.3) is 6.08 Å². The van der Waals surface area contributed by atoms with Crippen LogP contribution in [0, 0.1) is 0 Å². The zero-order valence-electron chi connectivity index (χ0n) is 17.8. The molecule has 1 aliphatic heterocycles. The summed E-state index contributed by atoms with van der Waals surface area (Å²) in [5.41, 5.74) is 2.39. The van der Waals surface area contributed by atoms with Crippen LogP contribution in [0.3, 0.4) is 0 Å². The van der Waals surface area contributed by atoms with Crippen molar-refractivity contribution >= 4 is 33.6 Å². The number of carbonyl (C=O) groups is 1. The number of hydrogen-bond acceptors (Lipinski definition) is 5. The van der Waals surface area contributed by atoms with Crippen molar-refractivity contribution in [2.24, 2.45) is 0 Å². The first-order chi connectivity index (χ1) is 15.0. The Morgan fingerprint density at radius 2 is 1.59 bits per heavy atom. The van der Waals surface area contributed by atoms with E-state index >= 15 is 0 Å². The van der Waals surface area contributed by atoms with Gasteiger partial charge in [-0.2, -0.15) is 8.42 Å². The molecule has 7 heteroatoms. The second kappa shape index (κ2) is 8.11. The molecule has 0 spiro atoms. The zero-order valence-corrected chi connectivity index (χ0v) is 19.3. The maximum absolute atomic E-state index is 12.7. The molecule has 5 nitrogen and oxygen atoms in total. The molecule has 0 aliphatic carbocycles. The van der Waals surface area contributed by atoms with Crippen molar-refractivity contribution < 1.29 is 22.1 Å². The standard InChI is InChI=1S/C25H21ClO5S/c1-25(2,3)17-6-4-16(5-7-17)14-23-24(27)21-13-10-19(15-22(21)30-23)31-32(28,29)20-11-8-18(26)9-12-20/h4-15H,1-3H3/b23-14-. The van der Waals surface area contributed by atoms with E-state index in [0.29, 0.717) is 10.6 Å². The first kappa shape index (κ1) is 22.1. The quantitative estimate of drug-likeness (QED) is 0.346. The lowest BCUT2D eigenvalue weighted by Crippen LogP contribution is -2.10. The lowest BCUT2D eigenvalue weighted by molar-refractivity contribution is 0.101. The third-order valence-corrected chi connectivity index (χ3v) is 6.54. The van der Waals surface area contributed by atoms with E-state index in [2.05, 4.69) is 20.8 Å². The molecule has 32 heavy (non-hydrogen) atoms. The number of carbonyl (C=O) groups excluding carboxylic acids is 1. The van der Waals surface area contributed by atoms with Gasteiger partial charge in [0.2, 0.25) is 5.78 Å². The van der Waals surface area contributed by atoms with Gasteiger partial charge in [0, 0.05) is 11.1 Å². The van der Waals surface area contributed by atoms with Gasteiger partial charge >= 0.3 is 10.1 Å². The Morgan fingerprint density at radius 1 is 0.938 bits per heavy atom. The molecule has 3 aromatic rings. The summed E-state index contributed by atoms with van der Waals surface area (Å²) in [7, 11) is -4.05. The van der Waals surface area contributed by atoms with Crippen LogP contribution >= 0.6 is 11.6 Å². The number of ketones is 1. The molecule has 0 atom stereocenters. The van der Waals surface area contributed by atoms with E-state index < -0.39 is 10.1 Å². The number of ether oxygens (including phenoxy) is 1. The fourth-order valence-corrected chi connectivity index (χ4v) is 4.27. The molecule has 0 saturated heterocycles. The van der Waals surface area contributed by atoms with E-state index in [1.54, 1.807) is 6.08 Å². The zero-order chi connectivity index (χ0) is 23.1. The number of halogens is 1. The monoisotopic (exact) mass is 468 g/mol. The summed E-state index contributed by atoms with van der Waals surface area (Å²) in [6.45, 7) is 6.40. The Kier molecular flexibility index (Phi) is 5.61. The van der Waals surface area contributed by atoms with E-state index in [1.807, 2.05) is 24.3 Å². The molecule has 0 bridgehead atoms. The molecule has 164 valence electrons. The van der Waals surface area contributed by atoms with E-state index in [4.69, 9.17) is 20.5 Å². The largest absolute Gasteiger partial charge is 0.452 e. The Labute approximate surface area is 192 Å². The van der Waals surface area contributed by atoms with Crippen LogP contribution in [0.2, 0.25) is 5.02 Å². The van der Waals surface area contributed by atoms with Gasteiger partial charge in [-0.25, -0.2) is 0 Å². The Morgan fingerprint density at radius 3 is 2.22 bits per heavy atom. The van der Waals surface area contributed by atoms with Gasteiger partial charge in [-0.1, -0.05) is 56.6 Å². The third kappa shape index (κ3) is 4.56. The van der Waals surface area contributed by atoms with Crippen LogP contribution < -0.4 is 8.92 Å². The first-order valence-corrected chi connectivity index (χ1v) is 11.7. The van der Waals surface area contributed by atoms with Crippen molar-refractivity contribution in [1.82, 2.24) is 0 Å². The van der Waals surface area contributed by atoms with Crippen molar-refractivity contribution in [2.75, 3.05) is 0 Å². The predicted molar refractivity (Wildman–Crippen MR) is 124 cm³/mol. The Bertz CT molecular complexity index is 1320. The number of allylic oxidation sites excluding steroid dienone is 1. The molecule has 0 radical (unpaired) electrons. The number of rotatable bonds is 4. The van der Waals surface area contributed by atoms with Crippen LogP contribution in [-0.2, 0) is 15.5 Å². The molecule has 0 fully saturated rings. The van der Waals surface area contributed by atoms with Crippen LogP contribution in [0.4, 0.5) is 0 Å². The van der Waals surface area contributed by atoms with E-state index in [-0.39, 0.29) is 33.4 Å². The lowest BCUT2D eigenvalue weighted by Gasteiger charge is -2.18. The van der Waals surface area contributed by atoms with Crippen molar-refractivity contribution in [3.63, 3.8) is 0 Å². The van der Waals surface area contributed by atoms with Gasteiger partial charge in [0.1, 0.15) is 16.4 Å². The molecule has 4 rings (SSSR count). The minimum absolute atomic E-state index is 0.0290. The normalized spacial score (nSPS) is 14.9. The molecule has 0 amide bonds. The smallest absolute Gasteiger partial charge is 0.339 e. The van der Waals surface area contributed by atoms with Gasteiger partial charge in [0.25, 0.3) is 0 Å². The number of hydrogen-bond donors (Lipinski definition) is 0. The van der Waals surface area contributed by atoms with Crippen molar-refractivity contribution in [1.29, 1.82) is 0 Å². The molecular weight excluding hydrogens is 448 g/mol. The molecule has 0 N–H and O–H groups in total. The topological polar surface area (TPSA) is 69.7 Å². The second-order valence-corrected chi connectivity index (χ2v) is 10.4. The van der Waals surface area contributed by atoms with Gasteiger partial charge in [0.15, 0.2) is 5.76 Å². The highest BCUT2D eigenvalue weighted by molar-refractivity contribution is 7.87. The van der Waals surface area contributed by atoms with Gasteiger partial charge in [0.05, 0.1) is 5.56 Å². The molecular formula is C25H21ClO5S. The lowest BCUT2D eigenvalue weighted by atomic mass is 9.86. The molecule has 0 unspecified atom stereocenters. The first-order valence-electron chi connectivity index (χ1n) is 9.92. The number of Topliss-reactive ketones (excluding diaryl/α,β-unsaturated/α-hetero) is 1. The fraction of sp³-hybridized carbons (Fsp3) is 0.160. The Hall–Kier alpha value is -3.09. The van der Waals surface area contributed by atoms with Crippen molar-refractivity contribution in [3.05, 3.63) is 94.2 Å². The van der Waals surface area contributed by atoms with Gasteiger partial charge in [-0.3, -0.25) is 4.79 Å². The van der Waals surface area contributed by atoms with Crippen LogP contribution in [-0.4, -0.2) is 14.2 Å². The summed E-state index contributed by atoms with van der Waals surface area (Å²) in [4.78, 5) is 12.7. The SMILES string of the molecule is CC(C)(C)c1ccc(/C=C2\Oc3cc(OS(=O)(=O)c4ccc(Cl)cc4)ccc3C2=O)cc1. The minimum atomic E-state index is -4.05. The highest BCUT2D eigenvalue weighted by atomic mass is 35.5. The second-order valence-electron chi connectivity index (χ2n) is 8.46. The molecule has 1 heterocycles. The maximum atomic E-state index is 12.7. The molecule has 1 aliphatic rings. The Balaban J connectivity index is 1.56. The van der Waals surface area contributed by atoms with Crippen LogP contribution in [0.5, 0.6) is 11.5 Å². The van der Waals surface area contributed by atoms with Crippen LogP contribution in [0.15, 0.2) is 77.4 Å². The van der Waals surface area contributed by atoms with Gasteiger partial charge in [-0.15, -0.1) is 0 Å².